The minimum atomic E-state index is 0.0710. The molecule has 1 aromatic rings. The van der Waals surface area contributed by atoms with Crippen molar-refractivity contribution in [1.29, 1.82) is 0 Å². The summed E-state index contributed by atoms with van der Waals surface area (Å²) in [6, 6.07) is 0. The molecule has 0 aliphatic heterocycles. The Kier molecular flexibility index (Phi) is 4.54. The molecule has 0 radical (unpaired) electrons. The van der Waals surface area contributed by atoms with Gasteiger partial charge in [0.2, 0.25) is 0 Å². The molecule has 4 heteroatoms. The lowest BCUT2D eigenvalue weighted by atomic mass is 9.95. The number of anilines is 1. The lowest BCUT2D eigenvalue weighted by molar-refractivity contribution is 0.476. The van der Waals surface area contributed by atoms with E-state index in [1.54, 1.807) is 0 Å². The zero-order valence-electron chi connectivity index (χ0n) is 10.5. The van der Waals surface area contributed by atoms with Gasteiger partial charge in [0.15, 0.2) is 0 Å². The second-order valence-corrected chi connectivity index (χ2v) is 4.60. The van der Waals surface area contributed by atoms with Gasteiger partial charge in [-0.15, -0.1) is 0 Å². The summed E-state index contributed by atoms with van der Waals surface area (Å²) in [6.45, 7) is 8.60. The van der Waals surface area contributed by atoms with Crippen LogP contribution in [0.5, 0.6) is 0 Å². The predicted octanol–water partition coefficient (Wildman–Crippen LogP) is 3.68. The van der Waals surface area contributed by atoms with Crippen LogP contribution < -0.4 is 5.32 Å². The quantitative estimate of drug-likeness (QED) is 0.800. The number of halogens is 1. The minimum absolute atomic E-state index is 0.0710. The molecule has 1 N–H and O–H groups in total. The van der Waals surface area contributed by atoms with Crippen LogP contribution in [0, 0.1) is 0 Å². The first kappa shape index (κ1) is 13.2. The van der Waals surface area contributed by atoms with Gasteiger partial charge in [-0.3, -0.25) is 0 Å². The second kappa shape index (κ2) is 5.48. The fourth-order valence-corrected chi connectivity index (χ4v) is 1.79. The summed E-state index contributed by atoms with van der Waals surface area (Å²) in [6.07, 6.45) is 4.45. The van der Waals surface area contributed by atoms with Gasteiger partial charge >= 0.3 is 0 Å². The van der Waals surface area contributed by atoms with E-state index in [4.69, 9.17) is 11.6 Å². The fraction of sp³-hybridized carbons (Fsp3) is 0.667. The largest absolute Gasteiger partial charge is 0.365 e. The molecular weight excluding hydrogens is 222 g/mol. The summed E-state index contributed by atoms with van der Waals surface area (Å²) in [5.41, 5.74) is 1.07. The molecule has 0 aliphatic rings. The molecule has 1 rings (SSSR count). The molecule has 0 atom stereocenters. The average Bonchev–Trinajstić information content (AvgIpc) is 2.29. The number of nitrogens with one attached hydrogen (secondary N) is 1. The van der Waals surface area contributed by atoms with Gasteiger partial charge in [-0.2, -0.15) is 0 Å². The van der Waals surface area contributed by atoms with E-state index in [-0.39, 0.29) is 5.54 Å². The highest BCUT2D eigenvalue weighted by molar-refractivity contribution is 6.30. The fourth-order valence-electron chi connectivity index (χ4n) is 1.52. The zero-order chi connectivity index (χ0) is 12.2. The Morgan fingerprint density at radius 2 is 1.88 bits per heavy atom. The van der Waals surface area contributed by atoms with E-state index in [1.165, 1.54) is 6.33 Å². The van der Waals surface area contributed by atoms with Gasteiger partial charge in [0.25, 0.3) is 0 Å². The second-order valence-electron chi connectivity index (χ2n) is 4.24. The van der Waals surface area contributed by atoms with Crippen molar-refractivity contribution in [1.82, 2.24) is 9.97 Å². The first-order valence-corrected chi connectivity index (χ1v) is 6.21. The highest BCUT2D eigenvalue weighted by atomic mass is 35.5. The summed E-state index contributed by atoms with van der Waals surface area (Å²) in [7, 11) is 0. The van der Waals surface area contributed by atoms with Gasteiger partial charge in [-0.05, 0) is 26.2 Å². The third-order valence-electron chi connectivity index (χ3n) is 3.23. The van der Waals surface area contributed by atoms with Crippen LogP contribution in [0.25, 0.3) is 0 Å². The monoisotopic (exact) mass is 241 g/mol. The molecule has 1 heterocycles. The van der Waals surface area contributed by atoms with Gasteiger partial charge in [0.1, 0.15) is 17.3 Å². The third-order valence-corrected chi connectivity index (χ3v) is 3.55. The van der Waals surface area contributed by atoms with E-state index in [1.807, 2.05) is 0 Å². The molecule has 16 heavy (non-hydrogen) atoms. The van der Waals surface area contributed by atoms with Crippen LogP contribution in [-0.4, -0.2) is 15.5 Å². The third kappa shape index (κ3) is 2.85. The van der Waals surface area contributed by atoms with Gasteiger partial charge in [0, 0.05) is 11.1 Å². The maximum absolute atomic E-state index is 6.05. The van der Waals surface area contributed by atoms with Gasteiger partial charge in [-0.1, -0.05) is 32.4 Å². The van der Waals surface area contributed by atoms with E-state index in [0.717, 1.165) is 30.6 Å². The van der Waals surface area contributed by atoms with Crippen LogP contribution in [-0.2, 0) is 6.42 Å². The van der Waals surface area contributed by atoms with E-state index in [9.17, 15) is 0 Å². The summed E-state index contributed by atoms with van der Waals surface area (Å²) >= 11 is 6.05. The summed E-state index contributed by atoms with van der Waals surface area (Å²) in [5, 5.41) is 4.03. The van der Waals surface area contributed by atoms with Gasteiger partial charge in [0.05, 0.1) is 0 Å². The summed E-state index contributed by atoms with van der Waals surface area (Å²) in [5.74, 6) is 0.869. The first-order valence-electron chi connectivity index (χ1n) is 5.83. The Morgan fingerprint density at radius 3 is 2.38 bits per heavy atom. The predicted molar refractivity (Wildman–Crippen MR) is 69.0 cm³/mol. The van der Waals surface area contributed by atoms with Crippen molar-refractivity contribution in [2.45, 2.75) is 52.5 Å². The normalized spacial score (nSPS) is 11.6. The topological polar surface area (TPSA) is 37.8 Å². The smallest absolute Gasteiger partial charge is 0.137 e. The minimum Gasteiger partial charge on any atom is -0.365 e. The molecule has 0 aliphatic carbocycles. The van der Waals surface area contributed by atoms with E-state index < -0.39 is 0 Å². The van der Waals surface area contributed by atoms with E-state index >= 15 is 0 Å². The SMILES string of the molecule is CCc1c(Cl)ncnc1NC(C)(CC)CC. The Balaban J connectivity index is 3.01. The van der Waals surface area contributed by atoms with Gasteiger partial charge in [-0.25, -0.2) is 9.97 Å². The maximum Gasteiger partial charge on any atom is 0.137 e. The molecule has 0 aromatic carbocycles. The first-order chi connectivity index (χ1) is 7.56. The Bertz CT molecular complexity index is 348. The van der Waals surface area contributed by atoms with Crippen LogP contribution in [0.4, 0.5) is 5.82 Å². The lowest BCUT2D eigenvalue weighted by Gasteiger charge is -2.29. The van der Waals surface area contributed by atoms with Crippen LogP contribution in [0.15, 0.2) is 6.33 Å². The Morgan fingerprint density at radius 1 is 1.25 bits per heavy atom. The maximum atomic E-state index is 6.05. The number of rotatable bonds is 5. The molecule has 90 valence electrons. The standard InChI is InChI=1S/C12H20ClN3/c1-5-9-10(13)14-8-15-11(9)16-12(4,6-2)7-3/h8H,5-7H2,1-4H3,(H,14,15,16). The van der Waals surface area contributed by atoms with Crippen molar-refractivity contribution < 1.29 is 0 Å². The van der Waals surface area contributed by atoms with Gasteiger partial charge < -0.3 is 5.32 Å². The molecule has 0 bridgehead atoms. The highest BCUT2D eigenvalue weighted by Gasteiger charge is 2.21. The van der Waals surface area contributed by atoms with E-state index in [2.05, 4.69) is 43.0 Å². The lowest BCUT2D eigenvalue weighted by Crippen LogP contribution is -2.34. The number of nitrogens with zero attached hydrogens (tertiary/aromatic N) is 2. The van der Waals surface area contributed by atoms with Crippen molar-refractivity contribution in [2.75, 3.05) is 5.32 Å². The van der Waals surface area contributed by atoms with Crippen molar-refractivity contribution in [3.63, 3.8) is 0 Å². The number of hydrogen-bond donors (Lipinski definition) is 1. The molecule has 0 saturated heterocycles. The molecular formula is C12H20ClN3. The van der Waals surface area contributed by atoms with E-state index in [0.29, 0.717) is 5.15 Å². The van der Waals surface area contributed by atoms with Crippen LogP contribution in [0.1, 0.15) is 46.1 Å². The molecule has 0 unspecified atom stereocenters. The van der Waals surface area contributed by atoms with Crippen molar-refractivity contribution >= 4 is 17.4 Å². The highest BCUT2D eigenvalue weighted by Crippen LogP contribution is 2.26. The van der Waals surface area contributed by atoms with Crippen LogP contribution >= 0.6 is 11.6 Å². The Hall–Kier alpha value is -0.830. The average molecular weight is 242 g/mol. The summed E-state index contributed by atoms with van der Waals surface area (Å²) in [4.78, 5) is 8.29. The molecule has 1 aromatic heterocycles. The molecule has 0 fully saturated rings. The Labute approximate surface area is 103 Å². The van der Waals surface area contributed by atoms with Crippen LogP contribution in [0.3, 0.4) is 0 Å². The molecule has 0 spiro atoms. The van der Waals surface area contributed by atoms with Crippen molar-refractivity contribution in [3.8, 4) is 0 Å². The molecule has 3 nitrogen and oxygen atoms in total. The van der Waals surface area contributed by atoms with Crippen molar-refractivity contribution in [3.05, 3.63) is 17.0 Å². The summed E-state index contributed by atoms with van der Waals surface area (Å²) < 4.78 is 0. The zero-order valence-corrected chi connectivity index (χ0v) is 11.2. The molecule has 0 amide bonds. The number of aromatic nitrogens is 2. The number of hydrogen-bond acceptors (Lipinski definition) is 3. The van der Waals surface area contributed by atoms with Crippen LogP contribution in [0.2, 0.25) is 5.15 Å². The van der Waals surface area contributed by atoms with Crippen molar-refractivity contribution in [2.24, 2.45) is 0 Å². The molecule has 0 saturated carbocycles.